The Morgan fingerprint density at radius 3 is 2.70 bits per heavy atom. The first-order valence-corrected chi connectivity index (χ1v) is 7.40. The number of carbonyl (C=O) groups excluding carboxylic acids is 1. The number of nitriles is 1. The number of hydrogen-bond acceptors (Lipinski definition) is 5. The van der Waals surface area contributed by atoms with Crippen molar-refractivity contribution >= 4 is 16.0 Å². The van der Waals surface area contributed by atoms with Crippen molar-refractivity contribution in [2.75, 3.05) is 6.54 Å². The third-order valence-electron chi connectivity index (χ3n) is 2.53. The average molecular weight is 296 g/mol. The Hall–Kier alpha value is -1.91. The van der Waals surface area contributed by atoms with E-state index in [1.54, 1.807) is 32.0 Å². The average Bonchev–Trinajstić information content (AvgIpc) is 2.39. The molecular formula is C13H16N2O4S. The lowest BCUT2D eigenvalue weighted by molar-refractivity contribution is -0.144. The maximum absolute atomic E-state index is 12.1. The fraction of sp³-hybridized carbons (Fsp3) is 0.385. The summed E-state index contributed by atoms with van der Waals surface area (Å²) in [7, 11) is -3.78. The van der Waals surface area contributed by atoms with E-state index in [0.717, 1.165) is 5.56 Å². The maximum Gasteiger partial charge on any atom is 0.322 e. The molecule has 0 saturated carbocycles. The number of rotatable bonds is 5. The lowest BCUT2D eigenvalue weighted by Crippen LogP contribution is -2.32. The van der Waals surface area contributed by atoms with Gasteiger partial charge in [-0.3, -0.25) is 4.79 Å². The molecule has 0 fully saturated rings. The number of ether oxygens (including phenoxy) is 1. The quantitative estimate of drug-likeness (QED) is 0.819. The highest BCUT2D eigenvalue weighted by atomic mass is 32.2. The van der Waals surface area contributed by atoms with Gasteiger partial charge in [-0.25, -0.2) is 8.42 Å². The van der Waals surface area contributed by atoms with Gasteiger partial charge < -0.3 is 4.74 Å². The Morgan fingerprint density at radius 1 is 1.45 bits per heavy atom. The molecule has 0 spiro atoms. The summed E-state index contributed by atoms with van der Waals surface area (Å²) >= 11 is 0. The van der Waals surface area contributed by atoms with E-state index in [1.165, 1.54) is 13.0 Å². The molecule has 20 heavy (non-hydrogen) atoms. The highest BCUT2D eigenvalue weighted by Crippen LogP contribution is 2.16. The van der Waals surface area contributed by atoms with Gasteiger partial charge >= 0.3 is 5.97 Å². The summed E-state index contributed by atoms with van der Waals surface area (Å²) in [5, 5.41) is 8.49. The first-order valence-electron chi connectivity index (χ1n) is 5.92. The third kappa shape index (κ3) is 4.33. The zero-order chi connectivity index (χ0) is 15.3. The van der Waals surface area contributed by atoms with Crippen molar-refractivity contribution in [3.05, 3.63) is 29.3 Å². The predicted molar refractivity (Wildman–Crippen MR) is 72.3 cm³/mol. The molecule has 1 aromatic rings. The fourth-order valence-electron chi connectivity index (χ4n) is 1.49. The molecule has 108 valence electrons. The van der Waals surface area contributed by atoms with Gasteiger partial charge in [0.05, 0.1) is 4.90 Å². The van der Waals surface area contributed by atoms with Crippen molar-refractivity contribution < 1.29 is 17.9 Å². The molecule has 0 aliphatic rings. The van der Waals surface area contributed by atoms with E-state index in [-0.39, 0.29) is 4.90 Å². The molecule has 0 unspecified atom stereocenters. The van der Waals surface area contributed by atoms with Crippen LogP contribution in [0.5, 0.6) is 0 Å². The molecule has 0 bridgehead atoms. The number of hydrogen-bond donors (Lipinski definition) is 1. The van der Waals surface area contributed by atoms with Gasteiger partial charge in [0, 0.05) is 0 Å². The van der Waals surface area contributed by atoms with E-state index in [4.69, 9.17) is 5.26 Å². The minimum Gasteiger partial charge on any atom is -0.446 e. The molecular weight excluding hydrogens is 280 g/mol. The highest BCUT2D eigenvalue weighted by molar-refractivity contribution is 7.89. The molecule has 7 heteroatoms. The summed E-state index contributed by atoms with van der Waals surface area (Å²) in [6.07, 6.45) is -0.910. The van der Waals surface area contributed by atoms with Crippen molar-refractivity contribution in [3.8, 4) is 6.07 Å². The molecule has 0 aromatic heterocycles. The lowest BCUT2D eigenvalue weighted by atomic mass is 10.2. The minimum atomic E-state index is -3.78. The van der Waals surface area contributed by atoms with Gasteiger partial charge in [-0.15, -0.1) is 0 Å². The van der Waals surface area contributed by atoms with E-state index < -0.39 is 28.6 Å². The van der Waals surface area contributed by atoms with Crippen LogP contribution in [0.2, 0.25) is 0 Å². The molecule has 0 aliphatic carbocycles. The normalized spacial score (nSPS) is 12.5. The van der Waals surface area contributed by atoms with E-state index >= 15 is 0 Å². The van der Waals surface area contributed by atoms with Gasteiger partial charge in [0.25, 0.3) is 0 Å². The number of esters is 1. The SMILES string of the molecule is Cc1ccc(C)c(S(=O)(=O)NCC(=O)O[C@H](C)C#N)c1. The molecule has 0 heterocycles. The predicted octanol–water partition coefficient (Wildman–Crippen LogP) is 1.04. The van der Waals surface area contributed by atoms with Crippen LogP contribution in [0.4, 0.5) is 0 Å². The van der Waals surface area contributed by atoms with Crippen molar-refractivity contribution in [1.29, 1.82) is 5.26 Å². The molecule has 0 aliphatic heterocycles. The molecule has 1 rings (SSSR count). The van der Waals surface area contributed by atoms with Gasteiger partial charge in [0.15, 0.2) is 6.10 Å². The fourth-order valence-corrected chi connectivity index (χ4v) is 2.79. The molecule has 0 saturated heterocycles. The van der Waals surface area contributed by atoms with Gasteiger partial charge in [-0.2, -0.15) is 9.98 Å². The van der Waals surface area contributed by atoms with Crippen LogP contribution in [-0.2, 0) is 19.6 Å². The van der Waals surface area contributed by atoms with E-state index in [0.29, 0.717) is 5.56 Å². The summed E-state index contributed by atoms with van der Waals surface area (Å²) in [4.78, 5) is 11.5. The zero-order valence-corrected chi connectivity index (χ0v) is 12.3. The Labute approximate surface area is 118 Å². The molecule has 6 nitrogen and oxygen atoms in total. The lowest BCUT2D eigenvalue weighted by Gasteiger charge is -2.10. The first-order chi connectivity index (χ1) is 9.26. The van der Waals surface area contributed by atoms with Gasteiger partial charge in [-0.1, -0.05) is 12.1 Å². The standard InChI is InChI=1S/C13H16N2O4S/c1-9-4-5-10(2)12(6-9)20(17,18)15-8-13(16)19-11(3)7-14/h4-6,11,15H,8H2,1-3H3/t11-/m1/s1. The van der Waals surface area contributed by atoms with Gasteiger partial charge in [-0.05, 0) is 38.0 Å². The molecule has 1 N–H and O–H groups in total. The van der Waals surface area contributed by atoms with Crippen molar-refractivity contribution in [2.45, 2.75) is 31.8 Å². The van der Waals surface area contributed by atoms with Crippen LogP contribution in [0.15, 0.2) is 23.1 Å². The minimum absolute atomic E-state index is 0.124. The molecule has 0 amide bonds. The molecule has 1 aromatic carbocycles. The number of nitrogens with one attached hydrogen (secondary N) is 1. The smallest absolute Gasteiger partial charge is 0.322 e. The number of aryl methyl sites for hydroxylation is 2. The van der Waals surface area contributed by atoms with Crippen LogP contribution >= 0.6 is 0 Å². The number of nitrogens with zero attached hydrogens (tertiary/aromatic N) is 1. The summed E-state index contributed by atoms with van der Waals surface area (Å²) < 4.78 is 31.0. The maximum atomic E-state index is 12.1. The van der Waals surface area contributed by atoms with Crippen LogP contribution in [-0.4, -0.2) is 27.0 Å². The van der Waals surface area contributed by atoms with Crippen LogP contribution in [0.1, 0.15) is 18.1 Å². The summed E-state index contributed by atoms with van der Waals surface area (Å²) in [6.45, 7) is 4.34. The zero-order valence-electron chi connectivity index (χ0n) is 11.5. The Kier molecular flexibility index (Phi) is 5.25. The third-order valence-corrected chi connectivity index (χ3v) is 4.07. The summed E-state index contributed by atoms with van der Waals surface area (Å²) in [5.41, 5.74) is 1.39. The van der Waals surface area contributed by atoms with Gasteiger partial charge in [0.2, 0.25) is 10.0 Å². The Morgan fingerprint density at radius 2 is 2.10 bits per heavy atom. The Bertz CT molecular complexity index is 647. The molecule has 0 radical (unpaired) electrons. The highest BCUT2D eigenvalue weighted by Gasteiger charge is 2.19. The second kappa shape index (κ2) is 6.50. The summed E-state index contributed by atoms with van der Waals surface area (Å²) in [5.74, 6) is -0.798. The van der Waals surface area contributed by atoms with Gasteiger partial charge in [0.1, 0.15) is 12.6 Å². The van der Waals surface area contributed by atoms with E-state index in [1.807, 2.05) is 0 Å². The van der Waals surface area contributed by atoms with Crippen molar-refractivity contribution in [2.24, 2.45) is 0 Å². The van der Waals surface area contributed by atoms with E-state index in [9.17, 15) is 13.2 Å². The van der Waals surface area contributed by atoms with Crippen LogP contribution in [0, 0.1) is 25.2 Å². The molecule has 1 atom stereocenters. The first kappa shape index (κ1) is 16.1. The topological polar surface area (TPSA) is 96.3 Å². The number of sulfonamides is 1. The van der Waals surface area contributed by atoms with E-state index in [2.05, 4.69) is 9.46 Å². The second-order valence-corrected chi connectivity index (χ2v) is 6.09. The summed E-state index contributed by atoms with van der Waals surface area (Å²) in [6, 6.07) is 6.75. The van der Waals surface area contributed by atoms with Crippen LogP contribution < -0.4 is 4.72 Å². The monoisotopic (exact) mass is 296 g/mol. The number of carbonyl (C=O) groups is 1. The van der Waals surface area contributed by atoms with Crippen LogP contribution in [0.3, 0.4) is 0 Å². The largest absolute Gasteiger partial charge is 0.446 e. The van der Waals surface area contributed by atoms with Crippen LogP contribution in [0.25, 0.3) is 0 Å². The number of benzene rings is 1. The Balaban J connectivity index is 2.79. The van der Waals surface area contributed by atoms with Crippen molar-refractivity contribution in [1.82, 2.24) is 4.72 Å². The second-order valence-electron chi connectivity index (χ2n) is 4.35. The van der Waals surface area contributed by atoms with Crippen molar-refractivity contribution in [3.63, 3.8) is 0 Å².